The monoisotopic (exact) mass is 525 g/mol. The van der Waals surface area contributed by atoms with Crippen molar-refractivity contribution in [2.24, 2.45) is 10.2 Å². The Kier molecular flexibility index (Phi) is 6.86. The summed E-state index contributed by atoms with van der Waals surface area (Å²) < 4.78 is 43.4. The molecule has 0 aliphatic heterocycles. The molecule has 0 bridgehead atoms. The van der Waals surface area contributed by atoms with E-state index in [0.717, 1.165) is 12.1 Å². The Bertz CT molecular complexity index is 1660. The van der Waals surface area contributed by atoms with Crippen LogP contribution in [0, 0.1) is 10.1 Å². The van der Waals surface area contributed by atoms with Crippen molar-refractivity contribution in [1.29, 1.82) is 0 Å². The molecule has 0 amide bonds. The van der Waals surface area contributed by atoms with Crippen molar-refractivity contribution in [2.75, 3.05) is 14.2 Å². The zero-order valence-corrected chi connectivity index (χ0v) is 20.2. The van der Waals surface area contributed by atoms with Gasteiger partial charge in [-0.15, -0.1) is 5.11 Å². The number of nitro groups is 1. The number of hydrogen-bond acceptors (Lipinski definition) is 9. The van der Waals surface area contributed by atoms with Crippen molar-refractivity contribution in [3.05, 3.63) is 87.2 Å². The van der Waals surface area contributed by atoms with Crippen LogP contribution >= 0.6 is 0 Å². The molecule has 3 aromatic carbocycles. The molecule has 14 heteroatoms. The number of azo groups is 1. The number of benzene rings is 3. The van der Waals surface area contributed by atoms with Gasteiger partial charge in [-0.1, -0.05) is 0 Å². The topological polar surface area (TPSA) is 178 Å². The third kappa shape index (κ3) is 5.24. The molecular weight excluding hydrogens is 506 g/mol. The number of methoxy groups -OCH3 is 2. The maximum Gasteiger partial charge on any atom is 0.299 e. The summed E-state index contributed by atoms with van der Waals surface area (Å²) in [6.45, 7) is 0. The minimum atomic E-state index is -4.38. The Hall–Kier alpha value is -4.82. The highest BCUT2D eigenvalue weighted by molar-refractivity contribution is 7.85. The van der Waals surface area contributed by atoms with E-state index >= 15 is 0 Å². The number of hydrogen-bond donors (Lipinski definition) is 2. The number of aromatic amines is 1. The molecule has 0 saturated carbocycles. The highest BCUT2D eigenvalue weighted by atomic mass is 32.2. The highest BCUT2D eigenvalue weighted by Gasteiger charge is 2.19. The normalized spacial score (nSPS) is 11.5. The second kappa shape index (κ2) is 10.0. The first kappa shape index (κ1) is 25.3. The van der Waals surface area contributed by atoms with Gasteiger partial charge in [-0.2, -0.15) is 13.5 Å². The standard InChI is InChI=1S/C23H19N5O8S/c1-35-19-12-9-17(13-20(19)36-2)27-23(29)22(21(26-27)14-3-7-16(8-4-14)28(30)31)25-24-15-5-10-18(11-6-15)37(32,33)34/h3-13,26H,1-2H3,(H,32,33,34). The largest absolute Gasteiger partial charge is 0.493 e. The van der Waals surface area contributed by atoms with Crippen LogP contribution < -0.4 is 15.0 Å². The van der Waals surface area contributed by atoms with E-state index in [0.29, 0.717) is 22.7 Å². The molecule has 190 valence electrons. The molecule has 0 aliphatic rings. The summed E-state index contributed by atoms with van der Waals surface area (Å²) >= 11 is 0. The summed E-state index contributed by atoms with van der Waals surface area (Å²) in [6.07, 6.45) is 0. The third-order valence-corrected chi connectivity index (χ3v) is 6.13. The molecule has 0 aliphatic carbocycles. The highest BCUT2D eigenvalue weighted by Crippen LogP contribution is 2.32. The van der Waals surface area contributed by atoms with Gasteiger partial charge in [-0.05, 0) is 48.5 Å². The molecule has 4 rings (SSSR count). The molecule has 13 nitrogen and oxygen atoms in total. The van der Waals surface area contributed by atoms with E-state index in [9.17, 15) is 23.3 Å². The van der Waals surface area contributed by atoms with Gasteiger partial charge < -0.3 is 9.47 Å². The van der Waals surface area contributed by atoms with Gasteiger partial charge >= 0.3 is 0 Å². The Balaban J connectivity index is 1.83. The van der Waals surface area contributed by atoms with Crippen LogP contribution in [0.25, 0.3) is 16.9 Å². The molecule has 1 heterocycles. The summed E-state index contributed by atoms with van der Waals surface area (Å²) in [5.74, 6) is 0.829. The third-order valence-electron chi connectivity index (χ3n) is 5.26. The summed E-state index contributed by atoms with van der Waals surface area (Å²) in [6, 6.07) is 15.2. The lowest BCUT2D eigenvalue weighted by molar-refractivity contribution is -0.384. The lowest BCUT2D eigenvalue weighted by Gasteiger charge is -2.09. The van der Waals surface area contributed by atoms with E-state index in [1.54, 1.807) is 18.2 Å². The Morgan fingerprint density at radius 2 is 1.59 bits per heavy atom. The number of aromatic nitrogens is 2. The van der Waals surface area contributed by atoms with Gasteiger partial charge in [0.05, 0.1) is 41.1 Å². The number of non-ortho nitro benzene ring substituents is 1. The molecule has 37 heavy (non-hydrogen) atoms. The summed E-state index contributed by atoms with van der Waals surface area (Å²) in [4.78, 5) is 23.6. The summed E-state index contributed by atoms with van der Waals surface area (Å²) in [5.41, 5.74) is 0.435. The van der Waals surface area contributed by atoms with E-state index in [2.05, 4.69) is 15.3 Å². The minimum absolute atomic E-state index is 0.109. The number of H-pyrrole nitrogens is 1. The first-order chi connectivity index (χ1) is 17.6. The average molecular weight is 525 g/mol. The van der Waals surface area contributed by atoms with Gasteiger partial charge in [0.15, 0.2) is 17.2 Å². The zero-order chi connectivity index (χ0) is 26.7. The van der Waals surface area contributed by atoms with Crippen LogP contribution in [0.4, 0.5) is 17.1 Å². The van der Waals surface area contributed by atoms with Crippen molar-refractivity contribution >= 4 is 27.2 Å². The minimum Gasteiger partial charge on any atom is -0.493 e. The zero-order valence-electron chi connectivity index (χ0n) is 19.4. The van der Waals surface area contributed by atoms with Crippen LogP contribution in [0.2, 0.25) is 0 Å². The molecule has 0 fully saturated rings. The van der Waals surface area contributed by atoms with Crippen LogP contribution in [-0.4, -0.2) is 41.9 Å². The average Bonchev–Trinajstić information content (AvgIpc) is 3.22. The molecule has 2 N–H and O–H groups in total. The predicted molar refractivity (Wildman–Crippen MR) is 132 cm³/mol. The Morgan fingerprint density at radius 3 is 2.16 bits per heavy atom. The molecule has 0 unspecified atom stereocenters. The smallest absolute Gasteiger partial charge is 0.299 e. The fourth-order valence-corrected chi connectivity index (χ4v) is 3.89. The summed E-state index contributed by atoms with van der Waals surface area (Å²) in [7, 11) is -1.45. The van der Waals surface area contributed by atoms with E-state index in [1.807, 2.05) is 0 Å². The number of nitrogens with one attached hydrogen (secondary N) is 1. The van der Waals surface area contributed by atoms with Gasteiger partial charge in [0.1, 0.15) is 0 Å². The number of nitrogens with zero attached hydrogens (tertiary/aromatic N) is 4. The molecule has 4 aromatic rings. The molecule has 0 saturated heterocycles. The van der Waals surface area contributed by atoms with Crippen LogP contribution in [0.1, 0.15) is 0 Å². The van der Waals surface area contributed by atoms with E-state index in [-0.39, 0.29) is 27.7 Å². The molecule has 0 atom stereocenters. The molecule has 0 spiro atoms. The quantitative estimate of drug-likeness (QED) is 0.147. The molecular formula is C23H19N5O8S. The molecule has 0 radical (unpaired) electrons. The van der Waals surface area contributed by atoms with Crippen molar-refractivity contribution in [1.82, 2.24) is 9.78 Å². The molecule has 1 aromatic heterocycles. The fraction of sp³-hybridized carbons (Fsp3) is 0.0870. The SMILES string of the molecule is COc1ccc(-n2[nH]c(-c3ccc([N+](=O)[O-])cc3)c(N=Nc3ccc(S(=O)(=O)O)cc3)c2=O)cc1OC. The van der Waals surface area contributed by atoms with Crippen LogP contribution in [-0.2, 0) is 10.1 Å². The lowest BCUT2D eigenvalue weighted by atomic mass is 10.1. The Labute approximate surface area is 209 Å². The number of nitro benzene ring substituents is 1. The van der Waals surface area contributed by atoms with Gasteiger partial charge in [-0.3, -0.25) is 24.6 Å². The van der Waals surface area contributed by atoms with Gasteiger partial charge in [0.25, 0.3) is 21.4 Å². The van der Waals surface area contributed by atoms with Crippen molar-refractivity contribution in [3.63, 3.8) is 0 Å². The first-order valence-corrected chi connectivity index (χ1v) is 11.9. The fourth-order valence-electron chi connectivity index (χ4n) is 3.41. The lowest BCUT2D eigenvalue weighted by Crippen LogP contribution is -2.14. The Morgan fingerprint density at radius 1 is 0.946 bits per heavy atom. The maximum absolute atomic E-state index is 13.4. The summed E-state index contributed by atoms with van der Waals surface area (Å²) in [5, 5.41) is 22.1. The van der Waals surface area contributed by atoms with E-state index < -0.39 is 20.6 Å². The first-order valence-electron chi connectivity index (χ1n) is 10.4. The van der Waals surface area contributed by atoms with Crippen molar-refractivity contribution in [2.45, 2.75) is 4.90 Å². The van der Waals surface area contributed by atoms with Gasteiger partial charge in [-0.25, -0.2) is 4.68 Å². The second-order valence-corrected chi connectivity index (χ2v) is 8.91. The van der Waals surface area contributed by atoms with Crippen LogP contribution in [0.3, 0.4) is 0 Å². The second-order valence-electron chi connectivity index (χ2n) is 7.49. The van der Waals surface area contributed by atoms with Crippen molar-refractivity contribution < 1.29 is 27.4 Å². The predicted octanol–water partition coefficient (Wildman–Crippen LogP) is 4.42. The van der Waals surface area contributed by atoms with Gasteiger partial charge in [0, 0.05) is 23.8 Å². The van der Waals surface area contributed by atoms with E-state index in [4.69, 9.17) is 14.0 Å². The van der Waals surface area contributed by atoms with Gasteiger partial charge in [0.2, 0.25) is 0 Å². The van der Waals surface area contributed by atoms with Crippen LogP contribution in [0.15, 0.2) is 86.6 Å². The van der Waals surface area contributed by atoms with Crippen molar-refractivity contribution in [3.8, 4) is 28.4 Å². The maximum atomic E-state index is 13.4. The number of ether oxygens (including phenoxy) is 2. The van der Waals surface area contributed by atoms with E-state index in [1.165, 1.54) is 55.3 Å². The van der Waals surface area contributed by atoms with Crippen LogP contribution in [0.5, 0.6) is 11.5 Å². The number of rotatable bonds is 8.